The first-order valence-corrected chi connectivity index (χ1v) is 8.85. The molecule has 3 heterocycles. The van der Waals surface area contributed by atoms with Crippen molar-refractivity contribution in [1.29, 1.82) is 0 Å². The molecular weight excluding hydrogens is 322 g/mol. The Labute approximate surface area is 147 Å². The van der Waals surface area contributed by atoms with Gasteiger partial charge in [-0.1, -0.05) is 6.92 Å². The number of carbonyl (C=O) groups excluding carboxylic acids is 2. The third-order valence-electron chi connectivity index (χ3n) is 4.87. The van der Waals surface area contributed by atoms with E-state index in [4.69, 9.17) is 9.47 Å². The van der Waals surface area contributed by atoms with Crippen LogP contribution in [-0.2, 0) is 16.0 Å². The summed E-state index contributed by atoms with van der Waals surface area (Å²) >= 11 is 0. The van der Waals surface area contributed by atoms with Gasteiger partial charge in [0.2, 0.25) is 0 Å². The first kappa shape index (κ1) is 17.5. The van der Waals surface area contributed by atoms with E-state index in [1.807, 2.05) is 26.0 Å². The van der Waals surface area contributed by atoms with Crippen LogP contribution >= 0.6 is 0 Å². The van der Waals surface area contributed by atoms with Gasteiger partial charge < -0.3 is 19.7 Å². The van der Waals surface area contributed by atoms with E-state index >= 15 is 0 Å². The van der Waals surface area contributed by atoms with E-state index in [0.29, 0.717) is 31.8 Å². The first-order chi connectivity index (χ1) is 12.0. The number of aryl methyl sites for hydroxylation is 2. The molecule has 2 fully saturated rings. The number of pyridine rings is 1. The van der Waals surface area contributed by atoms with Crippen LogP contribution < -0.4 is 10.1 Å². The van der Waals surface area contributed by atoms with Crippen molar-refractivity contribution in [2.45, 2.75) is 45.1 Å². The van der Waals surface area contributed by atoms with Gasteiger partial charge in [0.25, 0.3) is 5.91 Å². The molecule has 1 aromatic rings. The maximum atomic E-state index is 12.5. The SMILES string of the molecule is CCc1nc(C)ccc1OCC(=O)N1CCCC2(CC1)CNC(=O)O2. The van der Waals surface area contributed by atoms with Crippen molar-refractivity contribution in [2.75, 3.05) is 26.2 Å². The summed E-state index contributed by atoms with van der Waals surface area (Å²) in [6, 6.07) is 3.76. The van der Waals surface area contributed by atoms with E-state index in [2.05, 4.69) is 10.3 Å². The molecule has 2 aliphatic rings. The van der Waals surface area contributed by atoms with Crippen LogP contribution in [0.4, 0.5) is 4.79 Å². The van der Waals surface area contributed by atoms with Gasteiger partial charge in [-0.3, -0.25) is 9.78 Å². The van der Waals surface area contributed by atoms with Gasteiger partial charge in [0, 0.05) is 25.2 Å². The molecule has 0 radical (unpaired) electrons. The highest BCUT2D eigenvalue weighted by atomic mass is 16.6. The Kier molecular flexibility index (Phi) is 5.11. The third-order valence-corrected chi connectivity index (χ3v) is 4.87. The van der Waals surface area contributed by atoms with Gasteiger partial charge in [-0.15, -0.1) is 0 Å². The summed E-state index contributed by atoms with van der Waals surface area (Å²) in [5.74, 6) is 0.624. The fourth-order valence-electron chi connectivity index (χ4n) is 3.41. The summed E-state index contributed by atoms with van der Waals surface area (Å²) in [7, 11) is 0. The summed E-state index contributed by atoms with van der Waals surface area (Å²) in [4.78, 5) is 30.1. The number of nitrogens with zero attached hydrogens (tertiary/aromatic N) is 2. The highest BCUT2D eigenvalue weighted by Crippen LogP contribution is 2.29. The second-order valence-corrected chi connectivity index (χ2v) is 6.70. The average molecular weight is 347 g/mol. The van der Waals surface area contributed by atoms with Crippen LogP contribution in [0.1, 0.15) is 37.6 Å². The number of ether oxygens (including phenoxy) is 2. The Hall–Kier alpha value is -2.31. The fraction of sp³-hybridized carbons (Fsp3) is 0.611. The largest absolute Gasteiger partial charge is 0.482 e. The van der Waals surface area contributed by atoms with Gasteiger partial charge in [-0.2, -0.15) is 0 Å². The maximum absolute atomic E-state index is 12.5. The van der Waals surface area contributed by atoms with Crippen molar-refractivity contribution in [3.05, 3.63) is 23.5 Å². The van der Waals surface area contributed by atoms with Crippen LogP contribution in [0.3, 0.4) is 0 Å². The maximum Gasteiger partial charge on any atom is 0.407 e. The van der Waals surface area contributed by atoms with Crippen molar-refractivity contribution in [1.82, 2.24) is 15.2 Å². The lowest BCUT2D eigenvalue weighted by Crippen LogP contribution is -2.38. The lowest BCUT2D eigenvalue weighted by Gasteiger charge is -2.25. The molecular formula is C18H25N3O4. The van der Waals surface area contributed by atoms with E-state index < -0.39 is 5.60 Å². The van der Waals surface area contributed by atoms with Crippen LogP contribution in [0.15, 0.2) is 12.1 Å². The highest BCUT2D eigenvalue weighted by molar-refractivity contribution is 5.78. The molecule has 0 aromatic carbocycles. The number of rotatable bonds is 4. The van der Waals surface area contributed by atoms with E-state index in [-0.39, 0.29) is 18.6 Å². The van der Waals surface area contributed by atoms with Gasteiger partial charge in [0.05, 0.1) is 12.2 Å². The number of nitrogens with one attached hydrogen (secondary N) is 1. The molecule has 2 amide bonds. The molecule has 25 heavy (non-hydrogen) atoms. The summed E-state index contributed by atoms with van der Waals surface area (Å²) in [5.41, 5.74) is 1.35. The Morgan fingerprint density at radius 1 is 1.40 bits per heavy atom. The van der Waals surface area contributed by atoms with Crippen LogP contribution in [-0.4, -0.2) is 53.7 Å². The summed E-state index contributed by atoms with van der Waals surface area (Å²) in [5, 5.41) is 2.72. The van der Waals surface area contributed by atoms with Gasteiger partial charge in [0.15, 0.2) is 6.61 Å². The standard InChI is InChI=1S/C18H25N3O4/c1-3-14-15(6-5-13(2)20-14)24-11-16(22)21-9-4-7-18(8-10-21)12-19-17(23)25-18/h5-6H,3-4,7-12H2,1-2H3,(H,19,23). The molecule has 0 saturated carbocycles. The molecule has 7 nitrogen and oxygen atoms in total. The minimum absolute atomic E-state index is 0.00276. The number of alkyl carbamates (subject to hydrolysis) is 1. The quantitative estimate of drug-likeness (QED) is 0.899. The number of aromatic nitrogens is 1. The smallest absolute Gasteiger partial charge is 0.407 e. The minimum Gasteiger partial charge on any atom is -0.482 e. The Morgan fingerprint density at radius 3 is 2.96 bits per heavy atom. The van der Waals surface area contributed by atoms with Gasteiger partial charge in [-0.05, 0) is 38.3 Å². The predicted octanol–water partition coefficient (Wildman–Crippen LogP) is 1.82. The minimum atomic E-state index is -0.455. The molecule has 1 unspecified atom stereocenters. The molecule has 1 N–H and O–H groups in total. The Bertz CT molecular complexity index is 664. The van der Waals surface area contributed by atoms with E-state index in [1.54, 1.807) is 4.90 Å². The predicted molar refractivity (Wildman–Crippen MR) is 91.5 cm³/mol. The molecule has 0 bridgehead atoms. The van der Waals surface area contributed by atoms with Crippen molar-refractivity contribution < 1.29 is 19.1 Å². The van der Waals surface area contributed by atoms with Crippen molar-refractivity contribution in [3.63, 3.8) is 0 Å². The monoisotopic (exact) mass is 347 g/mol. The second kappa shape index (κ2) is 7.29. The van der Waals surface area contributed by atoms with Gasteiger partial charge in [0.1, 0.15) is 11.4 Å². The summed E-state index contributed by atoms with van der Waals surface area (Å²) in [6.45, 7) is 5.72. The zero-order chi connectivity index (χ0) is 17.9. The molecule has 0 aliphatic carbocycles. The van der Waals surface area contributed by atoms with Crippen molar-refractivity contribution >= 4 is 12.0 Å². The van der Waals surface area contributed by atoms with Crippen LogP contribution in [0.25, 0.3) is 0 Å². The second-order valence-electron chi connectivity index (χ2n) is 6.70. The molecule has 1 atom stereocenters. The zero-order valence-electron chi connectivity index (χ0n) is 14.8. The van der Waals surface area contributed by atoms with Crippen molar-refractivity contribution in [3.8, 4) is 5.75 Å². The average Bonchev–Trinajstić information content (AvgIpc) is 2.84. The lowest BCUT2D eigenvalue weighted by molar-refractivity contribution is -0.133. The number of likely N-dealkylation sites (tertiary alicyclic amines) is 1. The molecule has 2 aliphatic heterocycles. The van der Waals surface area contributed by atoms with Crippen LogP contribution in [0.5, 0.6) is 5.75 Å². The van der Waals surface area contributed by atoms with Gasteiger partial charge >= 0.3 is 6.09 Å². The molecule has 2 saturated heterocycles. The molecule has 1 aromatic heterocycles. The molecule has 7 heteroatoms. The number of carbonyl (C=O) groups is 2. The molecule has 1 spiro atoms. The Balaban J connectivity index is 1.56. The molecule has 136 valence electrons. The first-order valence-electron chi connectivity index (χ1n) is 8.85. The zero-order valence-corrected chi connectivity index (χ0v) is 14.8. The van der Waals surface area contributed by atoms with Crippen molar-refractivity contribution in [2.24, 2.45) is 0 Å². The fourth-order valence-corrected chi connectivity index (χ4v) is 3.41. The highest BCUT2D eigenvalue weighted by Gasteiger charge is 2.41. The van der Waals surface area contributed by atoms with E-state index in [9.17, 15) is 9.59 Å². The van der Waals surface area contributed by atoms with Crippen LogP contribution in [0, 0.1) is 6.92 Å². The Morgan fingerprint density at radius 2 is 2.24 bits per heavy atom. The molecule has 3 rings (SSSR count). The van der Waals surface area contributed by atoms with Crippen LogP contribution in [0.2, 0.25) is 0 Å². The summed E-state index contributed by atoms with van der Waals surface area (Å²) < 4.78 is 11.2. The lowest BCUT2D eigenvalue weighted by atomic mass is 9.95. The van der Waals surface area contributed by atoms with E-state index in [0.717, 1.165) is 30.7 Å². The third kappa shape index (κ3) is 4.03. The van der Waals surface area contributed by atoms with E-state index in [1.165, 1.54) is 0 Å². The van der Waals surface area contributed by atoms with Gasteiger partial charge in [-0.25, -0.2) is 4.79 Å². The topological polar surface area (TPSA) is 80.8 Å². The number of hydrogen-bond acceptors (Lipinski definition) is 5. The number of hydrogen-bond donors (Lipinski definition) is 1. The summed E-state index contributed by atoms with van der Waals surface area (Å²) in [6.07, 6.45) is 2.65. The normalized spacial score (nSPS) is 23.1. The number of amides is 2.